The first-order valence-corrected chi connectivity index (χ1v) is 16.4. The number of anilines is 3. The van der Waals surface area contributed by atoms with Crippen LogP contribution in [0.15, 0.2) is 155 Å². The predicted octanol–water partition coefficient (Wildman–Crippen LogP) is 9.32. The first-order valence-electron chi connectivity index (χ1n) is 16.4. The van der Waals surface area contributed by atoms with E-state index < -0.39 is 10.9 Å². The van der Waals surface area contributed by atoms with Crippen molar-refractivity contribution in [2.24, 2.45) is 0 Å². The number of hydrogen-bond donors (Lipinski definition) is 4. The summed E-state index contributed by atoms with van der Waals surface area (Å²) in [4.78, 5) is 49.7. The van der Waals surface area contributed by atoms with Crippen molar-refractivity contribution in [3.05, 3.63) is 179 Å². The molecule has 7 rings (SSSR count). The molecular weight excluding hydrogens is 704 g/mol. The Morgan fingerprint density at radius 2 is 1.25 bits per heavy atom. The van der Waals surface area contributed by atoms with Crippen molar-refractivity contribution in [3.8, 4) is 22.6 Å². The Bertz CT molecular complexity index is 2270. The molecule has 14 heteroatoms. The summed E-state index contributed by atoms with van der Waals surface area (Å²) in [6.45, 7) is 3.84. The van der Waals surface area contributed by atoms with Gasteiger partial charge in [0.1, 0.15) is 6.29 Å². The molecule has 5 N–H and O–H groups in total. The van der Waals surface area contributed by atoms with Crippen molar-refractivity contribution in [2.75, 3.05) is 16.4 Å². The Labute approximate surface area is 315 Å². The predicted molar refractivity (Wildman–Crippen MR) is 209 cm³/mol. The number of nitrogen functional groups attached to an aromatic ring is 1. The van der Waals surface area contributed by atoms with Gasteiger partial charge >= 0.3 is 12.0 Å². The highest BCUT2D eigenvalue weighted by molar-refractivity contribution is 5.99. The molecule has 2 aromatic heterocycles. The van der Waals surface area contributed by atoms with E-state index in [0.717, 1.165) is 39.4 Å². The molecule has 2 amide bonds. The van der Waals surface area contributed by atoms with Crippen LogP contribution in [-0.2, 0) is 0 Å². The molecule has 5 aromatic carbocycles. The Morgan fingerprint density at radius 3 is 1.71 bits per heavy atom. The molecular formula is C41H36N6O8. The number of oxazole rings is 2. The molecule has 0 aliphatic heterocycles. The van der Waals surface area contributed by atoms with Crippen molar-refractivity contribution >= 4 is 41.0 Å². The number of nitro benzene ring substituents is 1. The van der Waals surface area contributed by atoms with Gasteiger partial charge in [-0.3, -0.25) is 14.9 Å². The highest BCUT2D eigenvalue weighted by Gasteiger charge is 2.06. The molecule has 2 heterocycles. The van der Waals surface area contributed by atoms with Crippen LogP contribution in [0.1, 0.15) is 31.8 Å². The number of nitro groups is 1. The average molecular weight is 741 g/mol. The topological polar surface area (TPSA) is 217 Å². The fraction of sp³-hybridized carbons (Fsp3) is 0.0488. The van der Waals surface area contributed by atoms with Crippen molar-refractivity contribution in [2.45, 2.75) is 13.8 Å². The Kier molecular flexibility index (Phi) is 14.7. The van der Waals surface area contributed by atoms with Gasteiger partial charge in [0.2, 0.25) is 0 Å². The molecule has 0 aliphatic rings. The summed E-state index contributed by atoms with van der Waals surface area (Å²) >= 11 is 0. The number of aromatic nitrogens is 2. The van der Waals surface area contributed by atoms with E-state index in [9.17, 15) is 24.5 Å². The summed E-state index contributed by atoms with van der Waals surface area (Å²) in [5.74, 6) is 0.578. The van der Waals surface area contributed by atoms with E-state index in [-0.39, 0.29) is 11.7 Å². The number of urea groups is 1. The molecule has 0 aliphatic carbocycles. The zero-order chi connectivity index (χ0) is 39.6. The van der Waals surface area contributed by atoms with Crippen LogP contribution in [0.5, 0.6) is 0 Å². The molecule has 0 saturated heterocycles. The van der Waals surface area contributed by atoms with Gasteiger partial charge in [0, 0.05) is 45.9 Å². The monoisotopic (exact) mass is 740 g/mol. The summed E-state index contributed by atoms with van der Waals surface area (Å²) in [6.07, 6.45) is 6.75. The second-order valence-electron chi connectivity index (χ2n) is 11.5. The van der Waals surface area contributed by atoms with Crippen LogP contribution in [0.3, 0.4) is 0 Å². The standard InChI is InChI=1S/C17H15N3O2.C9H8N2O.C8H8O2.C7H5NO3/c1-12-3-2-4-15(9-12)20-17(21)19-14-7-5-13(6-8-14)16-10-18-11-22-16;10-8-3-1-7(2-4-8)9-5-11-6-12-9;1-6-3-2-4-7(5-6)8(9)10;9-5-6-1-3-7(4-2-6)8(10)11/h2-11H,1H3,(H2,19,20,21);1-6H,10H2;2-5H,1H3,(H,9,10);1-5H. The van der Waals surface area contributed by atoms with Gasteiger partial charge in [-0.05, 0) is 104 Å². The van der Waals surface area contributed by atoms with E-state index in [1.165, 1.54) is 37.1 Å². The summed E-state index contributed by atoms with van der Waals surface area (Å²) in [7, 11) is 0. The van der Waals surface area contributed by atoms with Crippen LogP contribution in [0.2, 0.25) is 0 Å². The molecule has 55 heavy (non-hydrogen) atoms. The number of carbonyl (C=O) groups is 3. The second-order valence-corrected chi connectivity index (χ2v) is 11.5. The number of aromatic carboxylic acids is 1. The van der Waals surface area contributed by atoms with E-state index in [2.05, 4.69) is 20.6 Å². The maximum Gasteiger partial charge on any atom is 0.335 e. The number of nitrogens with two attached hydrogens (primary N) is 1. The first-order chi connectivity index (χ1) is 26.5. The quantitative estimate of drug-likeness (QED) is 0.0522. The van der Waals surface area contributed by atoms with Crippen molar-refractivity contribution < 1.29 is 33.2 Å². The zero-order valence-electron chi connectivity index (χ0n) is 29.7. The van der Waals surface area contributed by atoms with Crippen molar-refractivity contribution in [1.82, 2.24) is 9.97 Å². The molecule has 7 aromatic rings. The van der Waals surface area contributed by atoms with Crippen LogP contribution >= 0.6 is 0 Å². The highest BCUT2D eigenvalue weighted by atomic mass is 16.6. The van der Waals surface area contributed by atoms with E-state index in [1.807, 2.05) is 92.7 Å². The summed E-state index contributed by atoms with van der Waals surface area (Å²) in [5.41, 5.74) is 12.5. The second kappa shape index (κ2) is 20.2. The number of benzene rings is 5. The Balaban J connectivity index is 0.000000174. The number of carbonyl (C=O) groups excluding carboxylic acids is 2. The van der Waals surface area contributed by atoms with Crippen LogP contribution in [0.4, 0.5) is 27.5 Å². The number of amides is 2. The number of aldehydes is 1. The van der Waals surface area contributed by atoms with Crippen molar-refractivity contribution in [3.63, 3.8) is 0 Å². The van der Waals surface area contributed by atoms with E-state index in [0.29, 0.717) is 28.9 Å². The van der Waals surface area contributed by atoms with E-state index in [1.54, 1.807) is 30.6 Å². The van der Waals surface area contributed by atoms with Gasteiger partial charge in [0.25, 0.3) is 5.69 Å². The fourth-order valence-electron chi connectivity index (χ4n) is 4.55. The van der Waals surface area contributed by atoms with Gasteiger partial charge in [-0.1, -0.05) is 29.8 Å². The highest BCUT2D eigenvalue weighted by Crippen LogP contribution is 2.21. The smallest absolute Gasteiger partial charge is 0.335 e. The molecule has 0 atom stereocenters. The molecule has 278 valence electrons. The lowest BCUT2D eigenvalue weighted by Gasteiger charge is -2.08. The van der Waals surface area contributed by atoms with Crippen LogP contribution < -0.4 is 16.4 Å². The molecule has 0 fully saturated rings. The molecule has 0 bridgehead atoms. The average Bonchev–Trinajstić information content (AvgIpc) is 3.93. The van der Waals surface area contributed by atoms with Gasteiger partial charge in [-0.2, -0.15) is 0 Å². The lowest BCUT2D eigenvalue weighted by atomic mass is 10.1. The van der Waals surface area contributed by atoms with E-state index in [4.69, 9.17) is 19.7 Å². The number of carboxylic acid groups (broad SMARTS) is 1. The number of hydrogen-bond acceptors (Lipinski definition) is 10. The Hall–Kier alpha value is -7.87. The third kappa shape index (κ3) is 13.3. The van der Waals surface area contributed by atoms with Crippen LogP contribution in [-0.4, -0.2) is 38.3 Å². The normalized spacial score (nSPS) is 9.78. The maximum absolute atomic E-state index is 12.0. The summed E-state index contributed by atoms with van der Waals surface area (Å²) in [6, 6.07) is 34.4. The number of nitrogens with zero attached hydrogens (tertiary/aromatic N) is 3. The number of aryl methyl sites for hydroxylation is 2. The largest absolute Gasteiger partial charge is 0.478 e. The third-order valence-corrected chi connectivity index (χ3v) is 7.27. The van der Waals surface area contributed by atoms with Crippen LogP contribution in [0, 0.1) is 24.0 Å². The van der Waals surface area contributed by atoms with Gasteiger partial charge in [-0.25, -0.2) is 19.6 Å². The molecule has 14 nitrogen and oxygen atoms in total. The number of nitrogens with one attached hydrogen (secondary N) is 2. The lowest BCUT2D eigenvalue weighted by molar-refractivity contribution is -0.384. The minimum atomic E-state index is -0.872. The van der Waals surface area contributed by atoms with Gasteiger partial charge < -0.3 is 30.3 Å². The Morgan fingerprint density at radius 1 is 0.727 bits per heavy atom. The molecule has 0 radical (unpaired) electrons. The SMILES string of the molecule is Cc1cccc(C(=O)O)c1.Cc1cccc(NC(=O)Nc2ccc(-c3cnco3)cc2)c1.Nc1ccc(-c2cnco2)cc1.O=Cc1ccc([N+](=O)[O-])cc1. The first kappa shape index (κ1) is 39.9. The number of rotatable bonds is 7. The lowest BCUT2D eigenvalue weighted by Crippen LogP contribution is -2.19. The van der Waals surface area contributed by atoms with Gasteiger partial charge in [0.05, 0.1) is 22.9 Å². The summed E-state index contributed by atoms with van der Waals surface area (Å²) < 4.78 is 10.3. The van der Waals surface area contributed by atoms with Crippen LogP contribution in [0.25, 0.3) is 22.6 Å². The molecule has 0 unspecified atom stereocenters. The van der Waals surface area contributed by atoms with Crippen molar-refractivity contribution in [1.29, 1.82) is 0 Å². The fourth-order valence-corrected chi connectivity index (χ4v) is 4.55. The summed E-state index contributed by atoms with van der Waals surface area (Å²) in [5, 5.41) is 24.2. The number of non-ortho nitro benzene ring substituents is 1. The third-order valence-electron chi connectivity index (χ3n) is 7.27. The minimum Gasteiger partial charge on any atom is -0.478 e. The van der Waals surface area contributed by atoms with Gasteiger partial charge in [-0.15, -0.1) is 0 Å². The number of carboxylic acids is 1. The van der Waals surface area contributed by atoms with E-state index >= 15 is 0 Å². The minimum absolute atomic E-state index is 0.00407. The maximum atomic E-state index is 12.0. The molecule has 0 saturated carbocycles. The molecule has 0 spiro atoms. The van der Waals surface area contributed by atoms with Gasteiger partial charge in [0.15, 0.2) is 24.3 Å². The zero-order valence-corrected chi connectivity index (χ0v) is 29.7.